The van der Waals surface area contributed by atoms with Crippen molar-refractivity contribution in [2.45, 2.75) is 33.8 Å². The lowest BCUT2D eigenvalue weighted by Gasteiger charge is -2.15. The quantitative estimate of drug-likeness (QED) is 0.448. The van der Waals surface area contributed by atoms with Crippen molar-refractivity contribution in [2.24, 2.45) is 0 Å². The van der Waals surface area contributed by atoms with Crippen LogP contribution in [0.25, 0.3) is 11.1 Å². The molecule has 3 aromatic rings. The van der Waals surface area contributed by atoms with Crippen LogP contribution in [-0.2, 0) is 9.53 Å². The predicted molar refractivity (Wildman–Crippen MR) is 127 cm³/mol. The number of carbonyl (C=O) groups excluding carboxylic acids is 2. The molecule has 0 aliphatic heterocycles. The van der Waals surface area contributed by atoms with E-state index in [-0.39, 0.29) is 12.5 Å². The molecule has 1 amide bonds. The summed E-state index contributed by atoms with van der Waals surface area (Å²) in [5, 5.41) is 5.13. The van der Waals surface area contributed by atoms with Gasteiger partial charge >= 0.3 is 5.97 Å². The van der Waals surface area contributed by atoms with Crippen molar-refractivity contribution in [2.75, 3.05) is 19.0 Å². The Morgan fingerprint density at radius 2 is 1.81 bits per heavy atom. The Morgan fingerprint density at radius 1 is 1.06 bits per heavy atom. The summed E-state index contributed by atoms with van der Waals surface area (Å²) in [6, 6.07) is 13.0. The van der Waals surface area contributed by atoms with E-state index in [4.69, 9.17) is 14.2 Å². The molecule has 0 aliphatic rings. The lowest BCUT2D eigenvalue weighted by Crippen LogP contribution is -2.30. The highest BCUT2D eigenvalue weighted by molar-refractivity contribution is 7.15. The van der Waals surface area contributed by atoms with Gasteiger partial charge in [0, 0.05) is 17.0 Å². The molecule has 1 aromatic heterocycles. The summed E-state index contributed by atoms with van der Waals surface area (Å²) >= 11 is 1.29. The molecule has 0 fully saturated rings. The monoisotopic (exact) mass is 453 g/mol. The Bertz CT molecular complexity index is 1120. The first-order chi connectivity index (χ1) is 15.3. The minimum atomic E-state index is -0.788. The molecule has 1 N–H and O–H groups in total. The number of carbonyl (C=O) groups is 2. The highest BCUT2D eigenvalue weighted by Crippen LogP contribution is 2.37. The van der Waals surface area contributed by atoms with Crippen LogP contribution in [0.1, 0.15) is 35.3 Å². The SMILES string of the molecule is CCOC(=O)c1c(-c2ccc(C)c(C)c2)csc1NC(=O)C(C)Oc1cccc(OC)c1. The average Bonchev–Trinajstić information content (AvgIpc) is 3.19. The zero-order valence-electron chi connectivity index (χ0n) is 18.9. The number of nitrogens with one attached hydrogen (secondary N) is 1. The van der Waals surface area contributed by atoms with Crippen LogP contribution in [0.4, 0.5) is 5.00 Å². The highest BCUT2D eigenvalue weighted by atomic mass is 32.1. The van der Waals surface area contributed by atoms with Crippen molar-refractivity contribution < 1.29 is 23.8 Å². The van der Waals surface area contributed by atoms with E-state index in [0.717, 1.165) is 16.7 Å². The van der Waals surface area contributed by atoms with Crippen molar-refractivity contribution in [1.29, 1.82) is 0 Å². The van der Waals surface area contributed by atoms with Crippen molar-refractivity contribution in [3.63, 3.8) is 0 Å². The Labute approximate surface area is 192 Å². The summed E-state index contributed by atoms with van der Waals surface area (Å²) in [6.45, 7) is 7.70. The van der Waals surface area contributed by atoms with Gasteiger partial charge < -0.3 is 19.5 Å². The maximum atomic E-state index is 12.8. The summed E-state index contributed by atoms with van der Waals surface area (Å²) in [7, 11) is 1.57. The number of methoxy groups -OCH3 is 1. The fraction of sp³-hybridized carbons (Fsp3) is 0.280. The fourth-order valence-corrected chi connectivity index (χ4v) is 4.08. The first kappa shape index (κ1) is 23.3. The molecule has 0 spiro atoms. The zero-order valence-corrected chi connectivity index (χ0v) is 19.7. The van der Waals surface area contributed by atoms with Crippen LogP contribution < -0.4 is 14.8 Å². The second-order valence-corrected chi connectivity index (χ2v) is 8.18. The Morgan fingerprint density at radius 3 is 2.50 bits per heavy atom. The first-order valence-electron chi connectivity index (χ1n) is 10.3. The number of hydrogen-bond donors (Lipinski definition) is 1. The molecule has 1 atom stereocenters. The third-order valence-corrected chi connectivity index (χ3v) is 5.94. The molecule has 0 saturated heterocycles. The highest BCUT2D eigenvalue weighted by Gasteiger charge is 2.25. The van der Waals surface area contributed by atoms with Crippen molar-refractivity contribution in [3.05, 3.63) is 64.5 Å². The second-order valence-electron chi connectivity index (χ2n) is 7.30. The van der Waals surface area contributed by atoms with E-state index in [1.54, 1.807) is 45.2 Å². The van der Waals surface area contributed by atoms with Gasteiger partial charge in [-0.25, -0.2) is 4.79 Å². The number of benzene rings is 2. The van der Waals surface area contributed by atoms with Crippen molar-refractivity contribution >= 4 is 28.2 Å². The average molecular weight is 454 g/mol. The normalized spacial score (nSPS) is 11.5. The fourth-order valence-electron chi connectivity index (χ4n) is 3.12. The molecule has 3 rings (SSSR count). The zero-order chi connectivity index (χ0) is 23.3. The molecule has 7 heteroatoms. The molecule has 0 aliphatic carbocycles. The van der Waals surface area contributed by atoms with Gasteiger partial charge in [-0.1, -0.05) is 24.3 Å². The summed E-state index contributed by atoms with van der Waals surface area (Å²) < 4.78 is 16.2. The van der Waals surface area contributed by atoms with E-state index in [0.29, 0.717) is 22.1 Å². The van der Waals surface area contributed by atoms with Crippen LogP contribution in [-0.4, -0.2) is 31.7 Å². The van der Waals surface area contributed by atoms with Gasteiger partial charge in [-0.2, -0.15) is 0 Å². The van der Waals surface area contributed by atoms with Gasteiger partial charge in [-0.3, -0.25) is 4.79 Å². The molecule has 0 bridgehead atoms. The lowest BCUT2D eigenvalue weighted by molar-refractivity contribution is -0.122. The molecule has 6 nitrogen and oxygen atoms in total. The third kappa shape index (κ3) is 5.29. The number of thiophene rings is 1. The summed E-state index contributed by atoms with van der Waals surface area (Å²) in [6.07, 6.45) is -0.788. The number of anilines is 1. The topological polar surface area (TPSA) is 73.9 Å². The van der Waals surface area contributed by atoms with Crippen molar-refractivity contribution in [3.8, 4) is 22.6 Å². The van der Waals surface area contributed by atoms with E-state index in [1.807, 2.05) is 37.4 Å². The molecular weight excluding hydrogens is 426 g/mol. The number of aryl methyl sites for hydroxylation is 2. The molecule has 0 saturated carbocycles. The van der Waals surface area contributed by atoms with E-state index < -0.39 is 12.1 Å². The number of hydrogen-bond acceptors (Lipinski definition) is 6. The number of esters is 1. The van der Waals surface area contributed by atoms with Crippen LogP contribution in [0.3, 0.4) is 0 Å². The van der Waals surface area contributed by atoms with Crippen LogP contribution in [0.2, 0.25) is 0 Å². The van der Waals surface area contributed by atoms with Crippen LogP contribution in [0.5, 0.6) is 11.5 Å². The largest absolute Gasteiger partial charge is 0.497 e. The summed E-state index contributed by atoms with van der Waals surface area (Å²) in [5.74, 6) is 0.307. The molecule has 32 heavy (non-hydrogen) atoms. The van der Waals surface area contributed by atoms with Crippen LogP contribution in [0.15, 0.2) is 47.8 Å². The Kier molecular flexibility index (Phi) is 7.53. The molecule has 1 heterocycles. The van der Waals surface area contributed by atoms with Gasteiger partial charge in [-0.05, 0) is 56.5 Å². The van der Waals surface area contributed by atoms with Gasteiger partial charge in [0.1, 0.15) is 22.1 Å². The predicted octanol–water partition coefficient (Wildman–Crippen LogP) is 5.62. The van der Waals surface area contributed by atoms with E-state index in [1.165, 1.54) is 16.9 Å². The van der Waals surface area contributed by atoms with E-state index in [2.05, 4.69) is 5.32 Å². The van der Waals surface area contributed by atoms with Gasteiger partial charge in [0.25, 0.3) is 5.91 Å². The third-order valence-electron chi connectivity index (χ3n) is 5.05. The maximum absolute atomic E-state index is 12.8. The molecular formula is C25H27NO5S. The molecule has 0 radical (unpaired) electrons. The van der Waals surface area contributed by atoms with E-state index >= 15 is 0 Å². The lowest BCUT2D eigenvalue weighted by atomic mass is 9.99. The second kappa shape index (κ2) is 10.3. The van der Waals surface area contributed by atoms with Crippen molar-refractivity contribution in [1.82, 2.24) is 0 Å². The van der Waals surface area contributed by atoms with E-state index in [9.17, 15) is 9.59 Å². The number of rotatable bonds is 8. The standard InChI is InChI=1S/C25H27NO5S/c1-6-30-25(28)22-21(18-11-10-15(2)16(3)12-18)14-32-24(22)26-23(27)17(4)31-20-9-7-8-19(13-20)29-5/h7-14,17H,6H2,1-5H3,(H,26,27). The maximum Gasteiger partial charge on any atom is 0.341 e. The molecule has 2 aromatic carbocycles. The van der Waals surface area contributed by atoms with Gasteiger partial charge in [0.05, 0.1) is 13.7 Å². The van der Waals surface area contributed by atoms with Gasteiger partial charge in [0.15, 0.2) is 6.10 Å². The molecule has 168 valence electrons. The Hall–Kier alpha value is -3.32. The Balaban J connectivity index is 1.86. The summed E-state index contributed by atoms with van der Waals surface area (Å²) in [5.41, 5.74) is 4.26. The first-order valence-corrected chi connectivity index (χ1v) is 11.2. The smallest absolute Gasteiger partial charge is 0.341 e. The minimum Gasteiger partial charge on any atom is -0.497 e. The van der Waals surface area contributed by atoms with Gasteiger partial charge in [-0.15, -0.1) is 11.3 Å². The number of ether oxygens (including phenoxy) is 3. The van der Waals surface area contributed by atoms with Gasteiger partial charge in [0.2, 0.25) is 0 Å². The molecule has 1 unspecified atom stereocenters. The summed E-state index contributed by atoms with van der Waals surface area (Å²) in [4.78, 5) is 25.6. The minimum absolute atomic E-state index is 0.240. The number of amides is 1. The van der Waals surface area contributed by atoms with Crippen LogP contribution >= 0.6 is 11.3 Å². The van der Waals surface area contributed by atoms with Crippen LogP contribution in [0, 0.1) is 13.8 Å².